The lowest BCUT2D eigenvalue weighted by Gasteiger charge is -2.06. The Labute approximate surface area is 119 Å². The van der Waals surface area contributed by atoms with Crippen LogP contribution in [0.1, 0.15) is 16.0 Å². The van der Waals surface area contributed by atoms with Crippen LogP contribution in [0.5, 0.6) is 0 Å². The molecule has 4 nitrogen and oxygen atoms in total. The van der Waals surface area contributed by atoms with Gasteiger partial charge in [-0.25, -0.2) is 9.18 Å². The molecule has 0 bridgehead atoms. The van der Waals surface area contributed by atoms with Crippen LogP contribution in [0.25, 0.3) is 0 Å². The maximum Gasteiger partial charge on any atom is 0.324 e. The van der Waals surface area contributed by atoms with E-state index in [1.807, 2.05) is 13.8 Å². The first-order valence-electron chi connectivity index (χ1n) is 5.85. The second kappa shape index (κ2) is 5.72. The zero-order valence-corrected chi connectivity index (χ0v) is 11.8. The normalized spacial score (nSPS) is 9.90. The van der Waals surface area contributed by atoms with Crippen molar-refractivity contribution in [2.45, 2.75) is 13.8 Å². The molecule has 2 aromatic rings. The number of rotatable bonds is 2. The molecule has 1 aromatic heterocycles. The summed E-state index contributed by atoms with van der Waals surface area (Å²) in [6, 6.07) is 7.16. The average molecular weight is 289 g/mol. The van der Waals surface area contributed by atoms with Gasteiger partial charge in [0.25, 0.3) is 0 Å². The standard InChI is InChI=1S/C14H12FN3OS/c1-8-9(2)20-13(12(8)7-16)18-14(19)17-11-5-3-4-10(15)6-11/h3-6H,1-2H3,(H2,17,18,19). The maximum absolute atomic E-state index is 13.0. The van der Waals surface area contributed by atoms with Crippen molar-refractivity contribution >= 4 is 28.1 Å². The third-order valence-corrected chi connectivity index (χ3v) is 3.93. The lowest BCUT2D eigenvalue weighted by atomic mass is 10.2. The van der Waals surface area contributed by atoms with Crippen molar-refractivity contribution in [3.8, 4) is 6.07 Å². The van der Waals surface area contributed by atoms with Gasteiger partial charge in [-0.1, -0.05) is 6.07 Å². The van der Waals surface area contributed by atoms with Crippen molar-refractivity contribution in [1.29, 1.82) is 5.26 Å². The minimum atomic E-state index is -0.506. The van der Waals surface area contributed by atoms with Gasteiger partial charge in [-0.3, -0.25) is 5.32 Å². The van der Waals surface area contributed by atoms with Crippen molar-refractivity contribution in [3.05, 3.63) is 46.1 Å². The number of aryl methyl sites for hydroxylation is 1. The van der Waals surface area contributed by atoms with E-state index in [1.54, 1.807) is 6.07 Å². The van der Waals surface area contributed by atoms with Crippen molar-refractivity contribution in [2.75, 3.05) is 10.6 Å². The SMILES string of the molecule is Cc1sc(NC(=O)Nc2cccc(F)c2)c(C#N)c1C. The van der Waals surface area contributed by atoms with Crippen LogP contribution < -0.4 is 10.6 Å². The van der Waals surface area contributed by atoms with Crippen LogP contribution in [-0.4, -0.2) is 6.03 Å². The fourth-order valence-corrected chi connectivity index (χ4v) is 2.69. The Morgan fingerprint density at radius 1 is 1.35 bits per heavy atom. The number of hydrogen-bond donors (Lipinski definition) is 2. The highest BCUT2D eigenvalue weighted by molar-refractivity contribution is 7.16. The molecule has 2 rings (SSSR count). The first-order chi connectivity index (χ1) is 9.51. The summed E-state index contributed by atoms with van der Waals surface area (Å²) in [7, 11) is 0. The predicted molar refractivity (Wildman–Crippen MR) is 77.5 cm³/mol. The van der Waals surface area contributed by atoms with Gasteiger partial charge in [0.1, 0.15) is 16.9 Å². The van der Waals surface area contributed by atoms with E-state index in [4.69, 9.17) is 5.26 Å². The van der Waals surface area contributed by atoms with Crippen molar-refractivity contribution < 1.29 is 9.18 Å². The molecular weight excluding hydrogens is 277 g/mol. The quantitative estimate of drug-likeness (QED) is 0.877. The van der Waals surface area contributed by atoms with Gasteiger partial charge in [0.05, 0.1) is 5.56 Å². The molecule has 0 aliphatic heterocycles. The number of thiophene rings is 1. The molecule has 0 atom stereocenters. The van der Waals surface area contributed by atoms with Gasteiger partial charge in [0.2, 0.25) is 0 Å². The third-order valence-electron chi connectivity index (χ3n) is 2.81. The van der Waals surface area contributed by atoms with E-state index >= 15 is 0 Å². The second-order valence-electron chi connectivity index (χ2n) is 4.19. The number of nitrogens with one attached hydrogen (secondary N) is 2. The van der Waals surface area contributed by atoms with E-state index in [1.165, 1.54) is 29.5 Å². The molecule has 0 spiro atoms. The molecule has 6 heteroatoms. The summed E-state index contributed by atoms with van der Waals surface area (Å²) in [4.78, 5) is 12.8. The van der Waals surface area contributed by atoms with E-state index in [-0.39, 0.29) is 0 Å². The number of nitriles is 1. The highest BCUT2D eigenvalue weighted by Gasteiger charge is 2.14. The zero-order valence-electron chi connectivity index (χ0n) is 11.0. The molecule has 2 N–H and O–H groups in total. The van der Waals surface area contributed by atoms with Crippen LogP contribution in [0.2, 0.25) is 0 Å². The highest BCUT2D eigenvalue weighted by atomic mass is 32.1. The minimum absolute atomic E-state index is 0.353. The van der Waals surface area contributed by atoms with Gasteiger partial charge < -0.3 is 5.32 Å². The topological polar surface area (TPSA) is 64.9 Å². The van der Waals surface area contributed by atoms with E-state index in [9.17, 15) is 9.18 Å². The molecular formula is C14H12FN3OS. The smallest absolute Gasteiger partial charge is 0.308 e. The summed E-state index contributed by atoms with van der Waals surface area (Å²) >= 11 is 1.34. The van der Waals surface area contributed by atoms with Crippen LogP contribution >= 0.6 is 11.3 Å². The van der Waals surface area contributed by atoms with Gasteiger partial charge >= 0.3 is 6.03 Å². The monoisotopic (exact) mass is 289 g/mol. The molecule has 102 valence electrons. The summed E-state index contributed by atoms with van der Waals surface area (Å²) < 4.78 is 13.0. The van der Waals surface area contributed by atoms with E-state index < -0.39 is 11.8 Å². The van der Waals surface area contributed by atoms with Gasteiger partial charge in [-0.05, 0) is 37.6 Å². The average Bonchev–Trinajstić information content (AvgIpc) is 2.64. The molecule has 2 amide bonds. The molecule has 0 aliphatic rings. The van der Waals surface area contributed by atoms with E-state index in [0.717, 1.165) is 10.4 Å². The van der Waals surface area contributed by atoms with Crippen LogP contribution in [0.15, 0.2) is 24.3 Å². The summed E-state index contributed by atoms with van der Waals surface area (Å²) in [5.74, 6) is -0.427. The molecule has 20 heavy (non-hydrogen) atoms. The Bertz CT molecular complexity index is 703. The fourth-order valence-electron chi connectivity index (χ4n) is 1.68. The number of halogens is 1. The molecule has 1 heterocycles. The second-order valence-corrected chi connectivity index (χ2v) is 5.41. The first kappa shape index (κ1) is 14.0. The number of urea groups is 1. The van der Waals surface area contributed by atoms with E-state index in [2.05, 4.69) is 16.7 Å². The van der Waals surface area contributed by atoms with Crippen molar-refractivity contribution in [1.82, 2.24) is 0 Å². The number of anilines is 2. The molecule has 1 aromatic carbocycles. The Balaban J connectivity index is 2.13. The number of carbonyl (C=O) groups excluding carboxylic acids is 1. The number of benzene rings is 1. The molecule has 0 aliphatic carbocycles. The molecule has 0 saturated heterocycles. The predicted octanol–water partition coefficient (Wildman–Crippen LogP) is 4.02. The molecule has 0 radical (unpaired) electrons. The summed E-state index contributed by atoms with van der Waals surface area (Å²) in [6.45, 7) is 3.72. The first-order valence-corrected chi connectivity index (χ1v) is 6.66. The maximum atomic E-state index is 13.0. The number of hydrogen-bond acceptors (Lipinski definition) is 3. The van der Waals surface area contributed by atoms with Crippen molar-refractivity contribution in [3.63, 3.8) is 0 Å². The molecule has 0 saturated carbocycles. The molecule has 0 fully saturated rings. The lowest BCUT2D eigenvalue weighted by Crippen LogP contribution is -2.19. The lowest BCUT2D eigenvalue weighted by molar-refractivity contribution is 0.262. The number of amides is 2. The van der Waals surface area contributed by atoms with E-state index in [0.29, 0.717) is 16.3 Å². The largest absolute Gasteiger partial charge is 0.324 e. The van der Waals surface area contributed by atoms with Crippen molar-refractivity contribution in [2.24, 2.45) is 0 Å². The Hall–Kier alpha value is -2.39. The zero-order chi connectivity index (χ0) is 14.7. The minimum Gasteiger partial charge on any atom is -0.308 e. The summed E-state index contributed by atoms with van der Waals surface area (Å²) in [5, 5.41) is 14.7. The number of carbonyl (C=O) groups is 1. The molecule has 0 unspecified atom stereocenters. The van der Waals surface area contributed by atoms with Crippen LogP contribution in [-0.2, 0) is 0 Å². The highest BCUT2D eigenvalue weighted by Crippen LogP contribution is 2.31. The van der Waals surface area contributed by atoms with Gasteiger partial charge in [0.15, 0.2) is 0 Å². The van der Waals surface area contributed by atoms with Crippen LogP contribution in [0.3, 0.4) is 0 Å². The van der Waals surface area contributed by atoms with Crippen LogP contribution in [0, 0.1) is 31.0 Å². The Morgan fingerprint density at radius 3 is 2.75 bits per heavy atom. The number of nitrogens with zero attached hydrogens (tertiary/aromatic N) is 1. The van der Waals surface area contributed by atoms with Gasteiger partial charge in [0, 0.05) is 10.6 Å². The third kappa shape index (κ3) is 2.95. The van der Waals surface area contributed by atoms with Gasteiger partial charge in [-0.2, -0.15) is 5.26 Å². The van der Waals surface area contributed by atoms with Gasteiger partial charge in [-0.15, -0.1) is 11.3 Å². The van der Waals surface area contributed by atoms with Crippen LogP contribution in [0.4, 0.5) is 19.9 Å². The summed E-state index contributed by atoms with van der Waals surface area (Å²) in [6.07, 6.45) is 0. The fraction of sp³-hybridized carbons (Fsp3) is 0.143. The Morgan fingerprint density at radius 2 is 2.10 bits per heavy atom. The summed E-state index contributed by atoms with van der Waals surface area (Å²) in [5.41, 5.74) is 1.67. The Kier molecular flexibility index (Phi) is 4.01.